The quantitative estimate of drug-likeness (QED) is 0.812. The largest absolute Gasteiger partial charge is 0.481 e. The van der Waals surface area contributed by atoms with Gasteiger partial charge < -0.3 is 10.4 Å². The lowest BCUT2D eigenvalue weighted by atomic mass is 10.1. The lowest BCUT2D eigenvalue weighted by Crippen LogP contribution is -2.40. The minimum Gasteiger partial charge on any atom is -0.481 e. The van der Waals surface area contributed by atoms with Crippen LogP contribution in [0, 0.1) is 17.3 Å². The van der Waals surface area contributed by atoms with Crippen LogP contribution in [-0.4, -0.2) is 34.0 Å². The van der Waals surface area contributed by atoms with E-state index < -0.39 is 17.3 Å². The summed E-state index contributed by atoms with van der Waals surface area (Å²) in [6.45, 7) is 5.86. The normalized spacial score (nSPS) is 35.9. The molecule has 4 nitrogen and oxygen atoms in total. The van der Waals surface area contributed by atoms with Gasteiger partial charge in [-0.1, -0.05) is 27.2 Å². The number of hydrogen-bond acceptors (Lipinski definition) is 3. The fraction of sp³-hybridized carbons (Fsp3) is 0.857. The maximum Gasteiger partial charge on any atom is 0.307 e. The van der Waals surface area contributed by atoms with Crippen LogP contribution in [0.5, 0.6) is 0 Å². The Morgan fingerprint density at radius 2 is 2.00 bits per heavy atom. The Balaban J connectivity index is 1.93. The third-order valence-corrected chi connectivity index (χ3v) is 5.86. The zero-order chi connectivity index (χ0) is 14.2. The summed E-state index contributed by atoms with van der Waals surface area (Å²) in [6, 6.07) is 0.225. The second kappa shape index (κ2) is 5.35. The number of hydrogen-bond donors (Lipinski definition) is 2. The van der Waals surface area contributed by atoms with E-state index in [1.807, 2.05) is 25.6 Å². The van der Waals surface area contributed by atoms with E-state index in [1.165, 1.54) is 0 Å². The van der Waals surface area contributed by atoms with Gasteiger partial charge in [-0.05, 0) is 24.0 Å². The summed E-state index contributed by atoms with van der Waals surface area (Å²) in [6.07, 6.45) is 3.33. The van der Waals surface area contributed by atoms with Crippen molar-refractivity contribution < 1.29 is 14.7 Å². The molecule has 0 aliphatic heterocycles. The molecule has 2 saturated carbocycles. The standard InChI is InChI=1S/C14H23NO3S/c1-4-19-9-7-5-6-8(9)15-12(16)10-11(13(17)18)14(10,2)3/h8-11H,4-7H2,1-3H3,(H,15,16)(H,17,18)/t8?,9?,10-,11+/m1/s1. The van der Waals surface area contributed by atoms with Gasteiger partial charge >= 0.3 is 5.97 Å². The molecule has 19 heavy (non-hydrogen) atoms. The van der Waals surface area contributed by atoms with Gasteiger partial charge in [0.15, 0.2) is 0 Å². The average Bonchev–Trinajstić information content (AvgIpc) is 2.64. The first-order valence-corrected chi connectivity index (χ1v) is 8.09. The van der Waals surface area contributed by atoms with Crippen molar-refractivity contribution in [1.82, 2.24) is 5.32 Å². The first-order chi connectivity index (χ1) is 8.89. The Bertz CT molecular complexity index is 383. The van der Waals surface area contributed by atoms with E-state index in [0.29, 0.717) is 5.25 Å². The van der Waals surface area contributed by atoms with Gasteiger partial charge in [-0.25, -0.2) is 0 Å². The molecule has 2 rings (SSSR count). The molecule has 2 N–H and O–H groups in total. The molecule has 4 atom stereocenters. The van der Waals surface area contributed by atoms with Gasteiger partial charge in [0.05, 0.1) is 11.8 Å². The highest BCUT2D eigenvalue weighted by Gasteiger charge is 2.66. The number of nitrogens with one attached hydrogen (secondary N) is 1. The predicted molar refractivity (Wildman–Crippen MR) is 76.1 cm³/mol. The van der Waals surface area contributed by atoms with E-state index in [-0.39, 0.29) is 17.9 Å². The van der Waals surface area contributed by atoms with Crippen LogP contribution >= 0.6 is 11.8 Å². The number of rotatable bonds is 5. The fourth-order valence-electron chi connectivity index (χ4n) is 3.37. The summed E-state index contributed by atoms with van der Waals surface area (Å²) in [5, 5.41) is 12.7. The molecule has 0 aromatic heterocycles. The number of carboxylic acid groups (broad SMARTS) is 1. The number of thioether (sulfide) groups is 1. The highest BCUT2D eigenvalue weighted by atomic mass is 32.2. The minimum atomic E-state index is -0.851. The van der Waals surface area contributed by atoms with Gasteiger partial charge in [0, 0.05) is 11.3 Å². The van der Waals surface area contributed by atoms with Crippen LogP contribution in [-0.2, 0) is 9.59 Å². The summed E-state index contributed by atoms with van der Waals surface area (Å²) in [5.74, 6) is -0.741. The van der Waals surface area contributed by atoms with E-state index in [9.17, 15) is 9.59 Å². The number of aliphatic carboxylic acids is 1. The minimum absolute atomic E-state index is 0.0639. The highest BCUT2D eigenvalue weighted by Crippen LogP contribution is 2.58. The maximum absolute atomic E-state index is 12.3. The first kappa shape index (κ1) is 14.7. The van der Waals surface area contributed by atoms with Gasteiger partial charge in [-0.15, -0.1) is 0 Å². The van der Waals surface area contributed by atoms with E-state index in [0.717, 1.165) is 25.0 Å². The molecule has 0 aromatic carbocycles. The Hall–Kier alpha value is -0.710. The van der Waals surface area contributed by atoms with E-state index >= 15 is 0 Å². The molecule has 2 aliphatic carbocycles. The first-order valence-electron chi connectivity index (χ1n) is 7.04. The SMILES string of the molecule is CCSC1CCCC1NC(=O)[C@H]1[C@@H](C(=O)O)C1(C)C. The third-order valence-electron chi connectivity index (χ3n) is 4.54. The molecule has 5 heteroatoms. The van der Waals surface area contributed by atoms with Crippen LogP contribution < -0.4 is 5.32 Å². The predicted octanol–water partition coefficient (Wildman–Crippen LogP) is 2.13. The van der Waals surface area contributed by atoms with Crippen molar-refractivity contribution in [2.45, 2.75) is 51.3 Å². The smallest absolute Gasteiger partial charge is 0.307 e. The molecule has 2 aliphatic rings. The van der Waals surface area contributed by atoms with E-state index in [4.69, 9.17) is 5.11 Å². The van der Waals surface area contributed by atoms with Gasteiger partial charge in [0.2, 0.25) is 5.91 Å². The Labute approximate surface area is 118 Å². The molecular weight excluding hydrogens is 262 g/mol. The van der Waals surface area contributed by atoms with Crippen molar-refractivity contribution in [3.8, 4) is 0 Å². The molecule has 0 spiro atoms. The molecule has 0 radical (unpaired) electrons. The fourth-order valence-corrected chi connectivity index (χ4v) is 4.56. The third kappa shape index (κ3) is 2.76. The summed E-state index contributed by atoms with van der Waals surface area (Å²) >= 11 is 1.90. The van der Waals surface area contributed by atoms with E-state index in [1.54, 1.807) is 0 Å². The second-order valence-electron chi connectivity index (χ2n) is 6.15. The van der Waals surface area contributed by atoms with Crippen LogP contribution in [0.2, 0.25) is 0 Å². The second-order valence-corrected chi connectivity index (χ2v) is 7.67. The lowest BCUT2D eigenvalue weighted by molar-refractivity contribution is -0.140. The Kier molecular flexibility index (Phi) is 4.14. The molecule has 0 bridgehead atoms. The van der Waals surface area contributed by atoms with Crippen molar-refractivity contribution in [3.63, 3.8) is 0 Å². The van der Waals surface area contributed by atoms with Gasteiger partial charge in [-0.2, -0.15) is 11.8 Å². The van der Waals surface area contributed by atoms with Gasteiger partial charge in [-0.3, -0.25) is 9.59 Å². The van der Waals surface area contributed by atoms with Crippen molar-refractivity contribution in [2.75, 3.05) is 5.75 Å². The Morgan fingerprint density at radius 1 is 1.32 bits per heavy atom. The number of carbonyl (C=O) groups is 2. The summed E-state index contributed by atoms with van der Waals surface area (Å²) < 4.78 is 0. The maximum atomic E-state index is 12.3. The number of carbonyl (C=O) groups excluding carboxylic acids is 1. The zero-order valence-corrected chi connectivity index (χ0v) is 12.6. The van der Waals surface area contributed by atoms with Crippen LogP contribution in [0.25, 0.3) is 0 Å². The van der Waals surface area contributed by atoms with E-state index in [2.05, 4.69) is 12.2 Å². The van der Waals surface area contributed by atoms with Crippen molar-refractivity contribution >= 4 is 23.6 Å². The number of carboxylic acids is 1. The van der Waals surface area contributed by atoms with Crippen LogP contribution in [0.15, 0.2) is 0 Å². The topological polar surface area (TPSA) is 66.4 Å². The average molecular weight is 285 g/mol. The molecule has 2 unspecified atom stereocenters. The molecular formula is C14H23NO3S. The van der Waals surface area contributed by atoms with Crippen LogP contribution in [0.4, 0.5) is 0 Å². The summed E-state index contributed by atoms with van der Waals surface area (Å²) in [7, 11) is 0. The van der Waals surface area contributed by atoms with Gasteiger partial charge in [0.25, 0.3) is 0 Å². The summed E-state index contributed by atoms with van der Waals surface area (Å²) in [5.41, 5.74) is -0.401. The Morgan fingerprint density at radius 3 is 2.53 bits per heavy atom. The van der Waals surface area contributed by atoms with Crippen molar-refractivity contribution in [1.29, 1.82) is 0 Å². The number of amides is 1. The molecule has 108 valence electrons. The molecule has 0 aromatic rings. The molecule has 0 saturated heterocycles. The monoisotopic (exact) mass is 285 g/mol. The van der Waals surface area contributed by atoms with Crippen molar-refractivity contribution in [2.24, 2.45) is 17.3 Å². The summed E-state index contributed by atoms with van der Waals surface area (Å²) in [4.78, 5) is 23.4. The molecule has 2 fully saturated rings. The van der Waals surface area contributed by atoms with Gasteiger partial charge in [0.1, 0.15) is 0 Å². The van der Waals surface area contributed by atoms with Crippen molar-refractivity contribution in [3.05, 3.63) is 0 Å². The molecule has 0 heterocycles. The lowest BCUT2D eigenvalue weighted by Gasteiger charge is -2.20. The molecule has 1 amide bonds. The zero-order valence-electron chi connectivity index (χ0n) is 11.8. The van der Waals surface area contributed by atoms with Crippen LogP contribution in [0.3, 0.4) is 0 Å². The van der Waals surface area contributed by atoms with Crippen LogP contribution in [0.1, 0.15) is 40.0 Å². The highest BCUT2D eigenvalue weighted by molar-refractivity contribution is 7.99.